The molecule has 2 aromatic carbocycles. The number of likely N-dealkylation sites (N-methyl/N-ethyl adjacent to an activating group) is 1. The zero-order valence-electron chi connectivity index (χ0n) is 33.9. The van der Waals surface area contributed by atoms with Crippen LogP contribution in [0.2, 0.25) is 0 Å². The number of methoxy groups -OCH3 is 3. The lowest BCUT2D eigenvalue weighted by molar-refractivity contribution is -0.228. The lowest BCUT2D eigenvalue weighted by Crippen LogP contribution is -2.81. The lowest BCUT2D eigenvalue weighted by atomic mass is 9.47. The quantitative estimate of drug-likeness (QED) is 0.185. The zero-order valence-corrected chi connectivity index (χ0v) is 33.9. The fraction of sp³-hybridized carbons (Fsp3) is 0.533. The molecular formula is C45H54N4O8. The Labute approximate surface area is 333 Å². The molecule has 5 heterocycles. The molecule has 2 aliphatic carbocycles. The number of fused-ring (bicyclic) bond motifs is 6. The second-order valence-electron chi connectivity index (χ2n) is 17.0. The van der Waals surface area contributed by atoms with Crippen molar-refractivity contribution < 1.29 is 38.4 Å². The molecule has 9 rings (SSSR count). The van der Waals surface area contributed by atoms with Crippen molar-refractivity contribution in [3.8, 4) is 5.75 Å². The summed E-state index contributed by atoms with van der Waals surface area (Å²) in [6.45, 7) is 7.52. The van der Waals surface area contributed by atoms with Gasteiger partial charge in [0.2, 0.25) is 5.60 Å². The van der Waals surface area contributed by atoms with Gasteiger partial charge in [0, 0.05) is 89.8 Å². The minimum Gasteiger partial charge on any atom is -0.496 e. The molecule has 2 bridgehead atoms. The van der Waals surface area contributed by atoms with Gasteiger partial charge in [-0.1, -0.05) is 48.9 Å². The number of hydrogen-bond donors (Lipinski definition) is 3. The van der Waals surface area contributed by atoms with Crippen molar-refractivity contribution >= 4 is 34.5 Å². The van der Waals surface area contributed by atoms with Crippen LogP contribution < -0.4 is 15.0 Å². The molecule has 1 saturated carbocycles. The summed E-state index contributed by atoms with van der Waals surface area (Å²) in [5.41, 5.74) is 3.38. The molecule has 0 radical (unpaired) electrons. The number of H-pyrrole nitrogens is 1. The van der Waals surface area contributed by atoms with Gasteiger partial charge in [0.1, 0.15) is 5.75 Å². The Hall–Kier alpha value is -4.65. The van der Waals surface area contributed by atoms with Gasteiger partial charge in [-0.25, -0.2) is 4.79 Å². The number of anilines is 1. The number of benzene rings is 2. The van der Waals surface area contributed by atoms with Gasteiger partial charge in [0.15, 0.2) is 6.10 Å². The SMILES string of the molecule is C/C=C1/CNC2Cc3c([nH]c4ccccc34)C(c3cc4c(cc3OC)N(C)C3C(O)(C(=O)OC)C(OC(C)=O)C5(CC)C=CCN6CCC43C65)CC1C2C(=O)OC. The summed E-state index contributed by atoms with van der Waals surface area (Å²) in [4.78, 5) is 49.4. The summed E-state index contributed by atoms with van der Waals surface area (Å²) in [5, 5.41) is 18.1. The van der Waals surface area contributed by atoms with Gasteiger partial charge >= 0.3 is 17.9 Å². The Kier molecular flexibility index (Phi) is 8.95. The lowest BCUT2D eigenvalue weighted by Gasteiger charge is -2.63. The maximum absolute atomic E-state index is 14.3. The number of nitrogens with zero attached hydrogens (tertiary/aromatic N) is 2. The molecule has 3 N–H and O–H groups in total. The van der Waals surface area contributed by atoms with E-state index in [4.69, 9.17) is 18.9 Å². The van der Waals surface area contributed by atoms with Crippen molar-refractivity contribution in [2.24, 2.45) is 17.3 Å². The normalized spacial score (nSPS) is 35.8. The summed E-state index contributed by atoms with van der Waals surface area (Å²) < 4.78 is 23.5. The highest BCUT2D eigenvalue weighted by molar-refractivity contribution is 5.88. The molecule has 12 heteroatoms. The maximum Gasteiger partial charge on any atom is 0.344 e. The summed E-state index contributed by atoms with van der Waals surface area (Å²) in [6, 6.07) is 11.5. The van der Waals surface area contributed by atoms with Crippen LogP contribution in [0.1, 0.15) is 68.3 Å². The van der Waals surface area contributed by atoms with Gasteiger partial charge in [0.05, 0.1) is 33.3 Å². The van der Waals surface area contributed by atoms with E-state index in [0.717, 1.165) is 45.5 Å². The topological polar surface area (TPSA) is 143 Å². The van der Waals surface area contributed by atoms with Crippen LogP contribution in [0.5, 0.6) is 5.75 Å². The highest BCUT2D eigenvalue weighted by Crippen LogP contribution is 2.68. The van der Waals surface area contributed by atoms with E-state index in [1.165, 1.54) is 26.7 Å². The zero-order chi connectivity index (χ0) is 40.2. The van der Waals surface area contributed by atoms with Crippen molar-refractivity contribution in [3.63, 3.8) is 0 Å². The van der Waals surface area contributed by atoms with E-state index in [1.807, 2.05) is 31.9 Å². The number of piperidine rings is 1. The van der Waals surface area contributed by atoms with Gasteiger partial charge in [0.25, 0.3) is 0 Å². The predicted octanol–water partition coefficient (Wildman–Crippen LogP) is 4.52. The van der Waals surface area contributed by atoms with Gasteiger partial charge in [-0.3, -0.25) is 14.5 Å². The monoisotopic (exact) mass is 778 g/mol. The van der Waals surface area contributed by atoms with Crippen LogP contribution >= 0.6 is 0 Å². The first-order valence-electron chi connectivity index (χ1n) is 20.4. The van der Waals surface area contributed by atoms with Gasteiger partial charge < -0.3 is 39.3 Å². The average Bonchev–Trinajstić information content (AvgIpc) is 3.86. The third kappa shape index (κ3) is 4.93. The van der Waals surface area contributed by atoms with Gasteiger partial charge in [-0.2, -0.15) is 0 Å². The molecular weight excluding hydrogens is 725 g/mol. The number of aliphatic hydroxyl groups is 1. The smallest absolute Gasteiger partial charge is 0.344 e. The van der Waals surface area contributed by atoms with E-state index in [0.29, 0.717) is 44.5 Å². The van der Waals surface area contributed by atoms with Crippen LogP contribution in [0.4, 0.5) is 5.69 Å². The van der Waals surface area contributed by atoms with E-state index < -0.39 is 46.4 Å². The van der Waals surface area contributed by atoms with Crippen molar-refractivity contribution in [1.82, 2.24) is 15.2 Å². The third-order valence-electron chi connectivity index (χ3n) is 15.0. The number of ether oxygens (including phenoxy) is 4. The Bertz CT molecular complexity index is 2230. The number of rotatable bonds is 6. The van der Waals surface area contributed by atoms with Crippen LogP contribution in [-0.2, 0) is 40.4 Å². The van der Waals surface area contributed by atoms with E-state index in [1.54, 1.807) is 7.11 Å². The van der Waals surface area contributed by atoms with Crippen molar-refractivity contribution in [2.45, 2.75) is 87.6 Å². The van der Waals surface area contributed by atoms with Crippen LogP contribution in [0.15, 0.2) is 60.2 Å². The average molecular weight is 779 g/mol. The summed E-state index contributed by atoms with van der Waals surface area (Å²) in [7, 11) is 6.35. The molecule has 4 aliphatic heterocycles. The van der Waals surface area contributed by atoms with Crippen LogP contribution in [-0.4, -0.2) is 111 Å². The van der Waals surface area contributed by atoms with E-state index in [2.05, 4.69) is 63.8 Å². The molecule has 6 aliphatic rings. The third-order valence-corrected chi connectivity index (χ3v) is 15.0. The maximum atomic E-state index is 14.3. The molecule has 3 aromatic rings. The molecule has 57 heavy (non-hydrogen) atoms. The highest BCUT2D eigenvalue weighted by Gasteiger charge is 2.80. The molecule has 0 amide bonds. The molecule has 10 atom stereocenters. The Morgan fingerprint density at radius 1 is 1.09 bits per heavy atom. The Morgan fingerprint density at radius 3 is 2.58 bits per heavy atom. The Morgan fingerprint density at radius 2 is 1.88 bits per heavy atom. The highest BCUT2D eigenvalue weighted by atomic mass is 16.6. The fourth-order valence-electron chi connectivity index (χ4n) is 13.0. The minimum absolute atomic E-state index is 0.105. The number of esters is 3. The number of aromatic nitrogens is 1. The van der Waals surface area contributed by atoms with E-state index >= 15 is 0 Å². The molecule has 12 nitrogen and oxygen atoms in total. The fourth-order valence-corrected chi connectivity index (χ4v) is 13.0. The summed E-state index contributed by atoms with van der Waals surface area (Å²) >= 11 is 0. The van der Waals surface area contributed by atoms with E-state index in [-0.39, 0.29) is 29.9 Å². The summed E-state index contributed by atoms with van der Waals surface area (Å²) in [5.74, 6) is -1.68. The van der Waals surface area contributed by atoms with E-state index in [9.17, 15) is 19.5 Å². The minimum atomic E-state index is -2.23. The molecule has 302 valence electrons. The van der Waals surface area contributed by atoms with Crippen molar-refractivity contribution in [3.05, 3.63) is 82.6 Å². The number of hydrogen-bond acceptors (Lipinski definition) is 11. The van der Waals surface area contributed by atoms with Crippen molar-refractivity contribution in [1.29, 1.82) is 0 Å². The molecule has 1 spiro atoms. The van der Waals surface area contributed by atoms with Gasteiger partial charge in [-0.05, 0) is 68.3 Å². The number of para-hydroxylation sites is 1. The second-order valence-corrected chi connectivity index (χ2v) is 17.0. The number of allylic oxidation sites excluding steroid dienone is 1. The van der Waals surface area contributed by atoms with Crippen molar-refractivity contribution in [2.75, 3.05) is 52.9 Å². The van der Waals surface area contributed by atoms with Gasteiger partial charge in [-0.15, -0.1) is 0 Å². The molecule has 2 saturated heterocycles. The molecule has 1 aromatic heterocycles. The Balaban J connectivity index is 1.32. The number of nitrogens with one attached hydrogen (secondary N) is 2. The summed E-state index contributed by atoms with van der Waals surface area (Å²) in [6.07, 6.45) is 7.53. The predicted molar refractivity (Wildman–Crippen MR) is 214 cm³/mol. The number of carbonyl (C=O) groups is 3. The largest absolute Gasteiger partial charge is 0.496 e. The van der Waals surface area contributed by atoms with Crippen LogP contribution in [0, 0.1) is 17.3 Å². The number of carbonyl (C=O) groups excluding carboxylic acids is 3. The van der Waals surface area contributed by atoms with Crippen LogP contribution in [0.3, 0.4) is 0 Å². The first kappa shape index (κ1) is 37.9. The number of aromatic amines is 1. The molecule has 10 unspecified atom stereocenters. The van der Waals surface area contributed by atoms with Crippen LogP contribution in [0.25, 0.3) is 10.9 Å². The first-order valence-corrected chi connectivity index (χ1v) is 20.4. The first-order chi connectivity index (χ1) is 27.4. The molecule has 3 fully saturated rings. The second kappa shape index (κ2) is 13.5. The standard InChI is InChI=1S/C45H54N4O8/c1-8-25-23-46-33-21-30-26-13-10-11-14-32(26)47-37(30)29(19-27(25)36(33)38(51)55-6)28-20-31-34(22-35(28)54-5)48(4)40-44(31)16-18-49-17-12-15-43(9-2,39(44)49)41(57-24(3)50)45(40,53)42(52)56-7/h8,10-15,20,22,27,29,33,36,39-41,46-47,53H,9,16-19,21,23H2,1-7H3/b25-8-.